The van der Waals surface area contributed by atoms with Gasteiger partial charge >= 0.3 is 5.97 Å². The number of aromatic carboxylic acids is 1. The standard InChI is InChI=1S/C21H17BrO6S/c1-28-18-8-7-16(22)11-19(18)29(26,27)12-15-9-14(13-5-3-2-4-6-13)10-17(20(15)23)21(24)25/h2-11,23H,12H2,1H3,(H,24,25). The van der Waals surface area contributed by atoms with Crippen molar-refractivity contribution >= 4 is 31.7 Å². The van der Waals surface area contributed by atoms with Crippen LogP contribution in [0.4, 0.5) is 0 Å². The number of phenols is 1. The number of aromatic hydroxyl groups is 1. The predicted molar refractivity (Wildman–Crippen MR) is 112 cm³/mol. The van der Waals surface area contributed by atoms with Crippen LogP contribution in [0.15, 0.2) is 70.0 Å². The third-order valence-electron chi connectivity index (χ3n) is 4.33. The lowest BCUT2D eigenvalue weighted by Crippen LogP contribution is -2.09. The Kier molecular flexibility index (Phi) is 5.95. The molecule has 0 fully saturated rings. The maximum Gasteiger partial charge on any atom is 0.339 e. The van der Waals surface area contributed by atoms with Crippen molar-refractivity contribution in [2.24, 2.45) is 0 Å². The lowest BCUT2D eigenvalue weighted by Gasteiger charge is -2.14. The number of ether oxygens (including phenoxy) is 1. The first-order valence-electron chi connectivity index (χ1n) is 8.44. The second kappa shape index (κ2) is 8.26. The third-order valence-corrected chi connectivity index (χ3v) is 6.51. The smallest absolute Gasteiger partial charge is 0.339 e. The van der Waals surface area contributed by atoms with Gasteiger partial charge in [0, 0.05) is 10.0 Å². The lowest BCUT2D eigenvalue weighted by molar-refractivity contribution is 0.0693. The van der Waals surface area contributed by atoms with E-state index in [9.17, 15) is 23.4 Å². The molecule has 0 aliphatic rings. The number of carboxylic acids is 1. The molecule has 0 atom stereocenters. The second-order valence-corrected chi connectivity index (χ2v) is 9.13. The third kappa shape index (κ3) is 4.44. The van der Waals surface area contributed by atoms with E-state index in [0.717, 1.165) is 0 Å². The molecule has 6 nitrogen and oxygen atoms in total. The maximum absolute atomic E-state index is 13.1. The van der Waals surface area contributed by atoms with Crippen molar-refractivity contribution in [3.05, 3.63) is 76.3 Å². The zero-order chi connectivity index (χ0) is 21.2. The summed E-state index contributed by atoms with van der Waals surface area (Å²) in [5, 5.41) is 19.9. The van der Waals surface area contributed by atoms with Gasteiger partial charge in [-0.25, -0.2) is 13.2 Å². The van der Waals surface area contributed by atoms with E-state index in [2.05, 4.69) is 15.9 Å². The molecule has 0 saturated carbocycles. The molecule has 3 rings (SSSR count). The number of halogens is 1. The predicted octanol–water partition coefficient (Wildman–Crippen LogP) is 4.50. The summed E-state index contributed by atoms with van der Waals surface area (Å²) in [6.45, 7) is 0. The molecule has 0 aliphatic carbocycles. The molecule has 0 saturated heterocycles. The summed E-state index contributed by atoms with van der Waals surface area (Å²) < 4.78 is 31.8. The van der Waals surface area contributed by atoms with Crippen LogP contribution in [0, 0.1) is 0 Å². The number of hydrogen-bond acceptors (Lipinski definition) is 5. The quantitative estimate of drug-likeness (QED) is 0.542. The highest BCUT2D eigenvalue weighted by molar-refractivity contribution is 9.10. The van der Waals surface area contributed by atoms with Gasteiger partial charge < -0.3 is 14.9 Å². The zero-order valence-corrected chi connectivity index (χ0v) is 17.7. The normalized spacial score (nSPS) is 11.2. The van der Waals surface area contributed by atoms with Crippen LogP contribution in [0.25, 0.3) is 11.1 Å². The first kappa shape index (κ1) is 20.9. The Bertz CT molecular complexity index is 1170. The van der Waals surface area contributed by atoms with Crippen molar-refractivity contribution in [1.29, 1.82) is 0 Å². The molecule has 2 N–H and O–H groups in total. The van der Waals surface area contributed by atoms with E-state index in [1.165, 1.54) is 31.4 Å². The van der Waals surface area contributed by atoms with E-state index in [4.69, 9.17) is 4.74 Å². The Morgan fingerprint density at radius 1 is 1.03 bits per heavy atom. The largest absolute Gasteiger partial charge is 0.507 e. The van der Waals surface area contributed by atoms with Crippen molar-refractivity contribution in [2.75, 3.05) is 7.11 Å². The first-order valence-corrected chi connectivity index (χ1v) is 10.9. The van der Waals surface area contributed by atoms with Crippen LogP contribution in [0.3, 0.4) is 0 Å². The van der Waals surface area contributed by atoms with Crippen molar-refractivity contribution in [2.45, 2.75) is 10.6 Å². The van der Waals surface area contributed by atoms with Crippen LogP contribution >= 0.6 is 15.9 Å². The maximum atomic E-state index is 13.1. The Morgan fingerprint density at radius 2 is 1.72 bits per heavy atom. The summed E-state index contributed by atoms with van der Waals surface area (Å²) in [6.07, 6.45) is 0. The zero-order valence-electron chi connectivity index (χ0n) is 15.3. The Labute approximate surface area is 176 Å². The Morgan fingerprint density at radius 3 is 2.34 bits per heavy atom. The molecule has 0 spiro atoms. The van der Waals surface area contributed by atoms with Crippen LogP contribution < -0.4 is 4.74 Å². The topological polar surface area (TPSA) is 101 Å². The SMILES string of the molecule is COc1ccc(Br)cc1S(=O)(=O)Cc1cc(-c2ccccc2)cc(C(=O)O)c1O. The average Bonchev–Trinajstić information content (AvgIpc) is 2.69. The van der Waals surface area contributed by atoms with E-state index in [-0.39, 0.29) is 21.8 Å². The molecule has 29 heavy (non-hydrogen) atoms. The highest BCUT2D eigenvalue weighted by atomic mass is 79.9. The van der Waals surface area contributed by atoms with Crippen LogP contribution in [0.2, 0.25) is 0 Å². The summed E-state index contributed by atoms with van der Waals surface area (Å²) in [5.74, 6) is -2.36. The van der Waals surface area contributed by atoms with Crippen LogP contribution in [-0.2, 0) is 15.6 Å². The van der Waals surface area contributed by atoms with Gasteiger partial charge in [0.05, 0.1) is 12.9 Å². The highest BCUT2D eigenvalue weighted by Crippen LogP contribution is 2.35. The van der Waals surface area contributed by atoms with Gasteiger partial charge in [0.15, 0.2) is 9.84 Å². The number of carboxylic acid groups (broad SMARTS) is 1. The fraction of sp³-hybridized carbons (Fsp3) is 0.0952. The van der Waals surface area contributed by atoms with Gasteiger partial charge in [-0.05, 0) is 41.5 Å². The van der Waals surface area contributed by atoms with Crippen LogP contribution in [0.1, 0.15) is 15.9 Å². The summed E-state index contributed by atoms with van der Waals surface area (Å²) in [7, 11) is -2.59. The van der Waals surface area contributed by atoms with Gasteiger partial charge in [-0.3, -0.25) is 0 Å². The summed E-state index contributed by atoms with van der Waals surface area (Å²) in [5.41, 5.74) is 0.824. The molecule has 0 aromatic heterocycles. The minimum atomic E-state index is -3.95. The van der Waals surface area contributed by atoms with E-state index in [0.29, 0.717) is 15.6 Å². The molecule has 3 aromatic rings. The first-order chi connectivity index (χ1) is 13.7. The van der Waals surface area contributed by atoms with Gasteiger partial charge in [-0.2, -0.15) is 0 Å². The Balaban J connectivity index is 2.15. The number of methoxy groups -OCH3 is 1. The molecule has 0 bridgehead atoms. The monoisotopic (exact) mass is 476 g/mol. The molecular formula is C21H17BrO6S. The molecule has 0 unspecified atom stereocenters. The average molecular weight is 477 g/mol. The molecule has 3 aromatic carbocycles. The number of rotatable bonds is 6. The summed E-state index contributed by atoms with van der Waals surface area (Å²) in [6, 6.07) is 16.3. The van der Waals surface area contributed by atoms with E-state index < -0.39 is 27.3 Å². The van der Waals surface area contributed by atoms with E-state index >= 15 is 0 Å². The molecule has 0 radical (unpaired) electrons. The molecule has 0 amide bonds. The fourth-order valence-electron chi connectivity index (χ4n) is 2.94. The van der Waals surface area contributed by atoms with Crippen molar-refractivity contribution < 1.29 is 28.2 Å². The number of carbonyl (C=O) groups is 1. The number of sulfone groups is 1. The number of hydrogen-bond donors (Lipinski definition) is 2. The van der Waals surface area contributed by atoms with Crippen LogP contribution in [-0.4, -0.2) is 31.7 Å². The summed E-state index contributed by atoms with van der Waals surface area (Å²) in [4.78, 5) is 11.5. The fourth-order valence-corrected chi connectivity index (χ4v) is 5.00. The number of benzene rings is 3. The molecule has 8 heteroatoms. The molecular weight excluding hydrogens is 460 g/mol. The van der Waals surface area contributed by atoms with Crippen molar-refractivity contribution in [3.63, 3.8) is 0 Å². The Hall–Kier alpha value is -2.84. The van der Waals surface area contributed by atoms with Gasteiger partial charge in [-0.1, -0.05) is 46.3 Å². The van der Waals surface area contributed by atoms with Crippen molar-refractivity contribution in [1.82, 2.24) is 0 Å². The van der Waals surface area contributed by atoms with Crippen molar-refractivity contribution in [3.8, 4) is 22.6 Å². The van der Waals surface area contributed by atoms with Gasteiger partial charge in [0.2, 0.25) is 0 Å². The lowest BCUT2D eigenvalue weighted by atomic mass is 9.99. The second-order valence-electron chi connectivity index (χ2n) is 6.26. The minimum absolute atomic E-state index is 0.00854. The van der Waals surface area contributed by atoms with Gasteiger partial charge in [0.1, 0.15) is 22.0 Å². The molecule has 150 valence electrons. The van der Waals surface area contributed by atoms with Gasteiger partial charge in [-0.15, -0.1) is 0 Å². The van der Waals surface area contributed by atoms with E-state index in [1.807, 2.05) is 6.07 Å². The molecule has 0 aliphatic heterocycles. The molecule has 0 heterocycles. The van der Waals surface area contributed by atoms with Gasteiger partial charge in [0.25, 0.3) is 0 Å². The highest BCUT2D eigenvalue weighted by Gasteiger charge is 2.25. The summed E-state index contributed by atoms with van der Waals surface area (Å²) >= 11 is 3.24. The van der Waals surface area contributed by atoms with E-state index in [1.54, 1.807) is 30.3 Å². The van der Waals surface area contributed by atoms with Crippen LogP contribution in [0.5, 0.6) is 11.5 Å². The minimum Gasteiger partial charge on any atom is -0.507 e.